The number of anilines is 1. The number of ketones is 1. The Labute approximate surface area is 316 Å². The highest BCUT2D eigenvalue weighted by Gasteiger charge is 2.37. The van der Waals surface area contributed by atoms with Gasteiger partial charge in [0, 0.05) is 40.4 Å². The predicted molar refractivity (Wildman–Crippen MR) is 201 cm³/mol. The number of carbonyl (C=O) groups excluding carboxylic acids is 3. The van der Waals surface area contributed by atoms with Gasteiger partial charge in [0.2, 0.25) is 0 Å². The molecule has 0 saturated heterocycles. The number of aliphatic carboxylic acids is 2. The number of ether oxygens (including phenoxy) is 3. The van der Waals surface area contributed by atoms with E-state index in [0.717, 1.165) is 6.07 Å². The standard InChI is InChI=1S/C40H37NO15/c1-16-8-21-22(9-18(40(52)53)4-5-26(48)49)37(50)31-23(41-25(56-15-45)6-7-55-14-44)10-19(12-42)28-29-20(13-43)11-24(47)32-34(29)35(30(21)33(28)31)36(27(16)17(2)46)39(54-3)38(32)51/h8,10-11,14-15,18,25,27,41-43,51H,4-7,9,12-13H2,1-3H3,(H,48,49)(H,52,53). The summed E-state index contributed by atoms with van der Waals surface area (Å²) >= 11 is 0. The fourth-order valence-electron chi connectivity index (χ4n) is 8.32. The monoisotopic (exact) mass is 771 g/mol. The maximum atomic E-state index is 15.2. The largest absolute Gasteiger partial charge is 0.504 e. The van der Waals surface area contributed by atoms with Gasteiger partial charge in [-0.05, 0) is 77.1 Å². The highest BCUT2D eigenvalue weighted by Crippen LogP contribution is 2.55. The van der Waals surface area contributed by atoms with Crippen LogP contribution in [0.1, 0.15) is 66.8 Å². The minimum atomic E-state index is -1.39. The van der Waals surface area contributed by atoms with E-state index in [0.29, 0.717) is 5.57 Å². The van der Waals surface area contributed by atoms with Crippen molar-refractivity contribution in [2.75, 3.05) is 19.0 Å². The number of Topliss-reactive ketones (excluding diaryl/α,β-unsaturated/α-hetero) is 1. The van der Waals surface area contributed by atoms with Crippen molar-refractivity contribution in [1.29, 1.82) is 0 Å². The van der Waals surface area contributed by atoms with Crippen LogP contribution in [0.3, 0.4) is 0 Å². The number of benzene rings is 5. The number of phenolic OH excluding ortho intramolecular Hbond substituents is 1. The first-order valence-corrected chi connectivity index (χ1v) is 17.5. The van der Waals surface area contributed by atoms with Crippen molar-refractivity contribution in [3.8, 4) is 11.5 Å². The number of aliphatic hydroxyl groups excluding tert-OH is 2. The Bertz CT molecular complexity index is 2610. The molecule has 0 aliphatic heterocycles. The van der Waals surface area contributed by atoms with Crippen molar-refractivity contribution < 1.29 is 63.7 Å². The first kappa shape index (κ1) is 39.3. The molecule has 3 atom stereocenters. The summed E-state index contributed by atoms with van der Waals surface area (Å²) in [6.45, 7) is 1.62. The molecule has 16 nitrogen and oxygen atoms in total. The molecule has 0 spiro atoms. The average molecular weight is 772 g/mol. The first-order valence-electron chi connectivity index (χ1n) is 17.5. The molecule has 0 amide bonds. The summed E-state index contributed by atoms with van der Waals surface area (Å²) in [5, 5.41) is 56.8. The Morgan fingerprint density at radius 1 is 0.893 bits per heavy atom. The lowest BCUT2D eigenvalue weighted by atomic mass is 9.78. The first-order chi connectivity index (χ1) is 26.7. The molecule has 5 aromatic rings. The second kappa shape index (κ2) is 15.4. The maximum Gasteiger partial charge on any atom is 0.306 e. The highest BCUT2D eigenvalue weighted by molar-refractivity contribution is 6.39. The number of methoxy groups -OCH3 is 1. The summed E-state index contributed by atoms with van der Waals surface area (Å²) in [7, 11) is 1.24. The Kier molecular flexibility index (Phi) is 10.8. The van der Waals surface area contributed by atoms with E-state index in [1.54, 1.807) is 13.0 Å². The zero-order valence-corrected chi connectivity index (χ0v) is 30.4. The molecular weight excluding hydrogens is 734 g/mol. The Morgan fingerprint density at radius 2 is 1.55 bits per heavy atom. The van der Waals surface area contributed by atoms with E-state index in [9.17, 15) is 54.3 Å². The van der Waals surface area contributed by atoms with Crippen LogP contribution >= 0.6 is 0 Å². The molecular formula is C40H37NO15. The summed E-state index contributed by atoms with van der Waals surface area (Å²) < 4.78 is 15.7. The normalized spacial score (nSPS) is 14.8. The number of carboxylic acid groups (broad SMARTS) is 2. The lowest BCUT2D eigenvalue weighted by Crippen LogP contribution is -2.27. The molecule has 0 aromatic heterocycles. The third kappa shape index (κ3) is 6.25. The number of aromatic hydroxyl groups is 1. The molecule has 0 radical (unpaired) electrons. The average Bonchev–Trinajstić information content (AvgIpc) is 3.28. The Morgan fingerprint density at radius 3 is 2.12 bits per heavy atom. The second-order valence-electron chi connectivity index (χ2n) is 13.7. The van der Waals surface area contributed by atoms with Gasteiger partial charge < -0.3 is 45.1 Å². The van der Waals surface area contributed by atoms with Crippen molar-refractivity contribution >= 4 is 85.5 Å². The van der Waals surface area contributed by atoms with Gasteiger partial charge in [-0.3, -0.25) is 33.6 Å². The van der Waals surface area contributed by atoms with Crippen LogP contribution in [0.5, 0.6) is 11.5 Å². The highest BCUT2D eigenvalue weighted by atomic mass is 16.5. The molecule has 3 unspecified atom stereocenters. The van der Waals surface area contributed by atoms with Gasteiger partial charge in [0.05, 0.1) is 49.5 Å². The molecule has 6 N–H and O–H groups in total. The number of fused-ring (bicyclic) bond motifs is 1. The smallest absolute Gasteiger partial charge is 0.306 e. The van der Waals surface area contributed by atoms with Gasteiger partial charge in [0.15, 0.2) is 28.6 Å². The Balaban J connectivity index is 1.97. The van der Waals surface area contributed by atoms with Crippen LogP contribution in [0.4, 0.5) is 5.69 Å². The summed E-state index contributed by atoms with van der Waals surface area (Å²) in [5.41, 5.74) is -0.700. The number of hydrogen-bond acceptors (Lipinski definition) is 14. The summed E-state index contributed by atoms with van der Waals surface area (Å²) in [6, 6.07) is 2.50. The quantitative estimate of drug-likeness (QED) is 0.0246. The molecule has 0 bridgehead atoms. The topological polar surface area (TPSA) is 260 Å². The van der Waals surface area contributed by atoms with Crippen LogP contribution in [0.2, 0.25) is 0 Å². The summed E-state index contributed by atoms with van der Waals surface area (Å²) in [5.74, 6) is -6.40. The fourth-order valence-corrected chi connectivity index (χ4v) is 8.32. The summed E-state index contributed by atoms with van der Waals surface area (Å²) in [4.78, 5) is 89.5. The third-order valence-electron chi connectivity index (χ3n) is 10.5. The van der Waals surface area contributed by atoms with Crippen LogP contribution in [0.25, 0.3) is 49.2 Å². The molecule has 0 heterocycles. The number of carbonyl (C=O) groups is 5. The second-order valence-corrected chi connectivity index (χ2v) is 13.7. The number of aliphatic hydroxyl groups is 2. The van der Waals surface area contributed by atoms with Crippen molar-refractivity contribution in [2.45, 2.75) is 64.9 Å². The summed E-state index contributed by atoms with van der Waals surface area (Å²) in [6.07, 6.45) is -1.15. The van der Waals surface area contributed by atoms with Crippen molar-refractivity contribution in [1.82, 2.24) is 0 Å². The van der Waals surface area contributed by atoms with Crippen molar-refractivity contribution in [3.63, 3.8) is 0 Å². The number of carboxylic acids is 2. The van der Waals surface area contributed by atoms with Crippen LogP contribution in [0.15, 0.2) is 27.3 Å². The van der Waals surface area contributed by atoms with Crippen LogP contribution in [-0.2, 0) is 53.1 Å². The Hall–Kier alpha value is -6.39. The van der Waals surface area contributed by atoms with Crippen LogP contribution in [-0.4, -0.2) is 76.1 Å². The van der Waals surface area contributed by atoms with E-state index >= 15 is 4.79 Å². The van der Waals surface area contributed by atoms with E-state index in [-0.39, 0.29) is 115 Å². The molecule has 292 valence electrons. The van der Waals surface area contributed by atoms with Gasteiger partial charge in [-0.1, -0.05) is 11.6 Å². The van der Waals surface area contributed by atoms with Crippen LogP contribution < -0.4 is 20.9 Å². The maximum absolute atomic E-state index is 15.2. The van der Waals surface area contributed by atoms with Crippen molar-refractivity contribution in [2.24, 2.45) is 5.92 Å². The number of phenols is 1. The molecule has 1 aliphatic carbocycles. The molecule has 1 aliphatic rings. The number of allylic oxidation sites excluding steroid dienone is 1. The minimum absolute atomic E-state index is 0.0109. The molecule has 0 fully saturated rings. The zero-order chi connectivity index (χ0) is 40.7. The number of hydrogen-bond donors (Lipinski definition) is 6. The number of nitrogens with one attached hydrogen (secondary N) is 1. The van der Waals surface area contributed by atoms with Crippen LogP contribution in [0, 0.1) is 5.92 Å². The minimum Gasteiger partial charge on any atom is -0.504 e. The lowest BCUT2D eigenvalue weighted by Gasteiger charge is -2.27. The molecule has 0 saturated carbocycles. The van der Waals surface area contributed by atoms with Gasteiger partial charge in [-0.25, -0.2) is 0 Å². The molecule has 6 rings (SSSR count). The zero-order valence-electron chi connectivity index (χ0n) is 30.4. The van der Waals surface area contributed by atoms with E-state index in [1.807, 2.05) is 0 Å². The SMILES string of the molecule is COc1c(O)c2c(=O)cc(CO)c3c4c(CO)cc(NC(CCOC=O)OC=O)c5c(=O)c(CC(CCC(=O)O)C(=O)O)c6c(c(c1C(C(C)=O)C(C)=C6)c23)c54. The fraction of sp³-hybridized carbons (Fsp3) is 0.325. The van der Waals surface area contributed by atoms with E-state index in [1.165, 1.54) is 20.1 Å². The number of rotatable bonds is 18. The van der Waals surface area contributed by atoms with E-state index in [4.69, 9.17) is 14.2 Å². The molecule has 5 aromatic carbocycles. The van der Waals surface area contributed by atoms with Gasteiger partial charge in [-0.15, -0.1) is 0 Å². The van der Waals surface area contributed by atoms with E-state index in [2.05, 4.69) is 5.32 Å². The molecule has 16 heteroatoms. The lowest BCUT2D eigenvalue weighted by molar-refractivity contribution is -0.143. The van der Waals surface area contributed by atoms with Gasteiger partial charge >= 0.3 is 11.9 Å². The molecule has 56 heavy (non-hydrogen) atoms. The predicted octanol–water partition coefficient (Wildman–Crippen LogP) is 3.27. The van der Waals surface area contributed by atoms with Gasteiger partial charge in [0.25, 0.3) is 12.9 Å². The van der Waals surface area contributed by atoms with Gasteiger partial charge in [-0.2, -0.15) is 0 Å². The van der Waals surface area contributed by atoms with Gasteiger partial charge in [0.1, 0.15) is 5.78 Å². The third-order valence-corrected chi connectivity index (χ3v) is 10.5. The van der Waals surface area contributed by atoms with Crippen molar-refractivity contribution in [3.05, 3.63) is 66.0 Å². The van der Waals surface area contributed by atoms with E-state index < -0.39 is 78.4 Å².